The molecule has 0 N–H and O–H groups in total. The van der Waals surface area contributed by atoms with Crippen LogP contribution in [-0.4, -0.2) is 17.6 Å². The Kier molecular flexibility index (Phi) is 5.76. The number of aryl methyl sites for hydroxylation is 1. The maximum atomic E-state index is 15.2. The highest BCUT2D eigenvalue weighted by atomic mass is 16.2. The summed E-state index contributed by atoms with van der Waals surface area (Å²) in [6.07, 6.45) is 0. The number of para-hydroxylation sites is 1. The van der Waals surface area contributed by atoms with Gasteiger partial charge in [0.2, 0.25) is 11.8 Å². The van der Waals surface area contributed by atoms with E-state index in [-0.39, 0.29) is 17.6 Å². The van der Waals surface area contributed by atoms with Gasteiger partial charge in [-0.25, -0.2) is 0 Å². The van der Waals surface area contributed by atoms with E-state index in [9.17, 15) is 4.79 Å². The van der Waals surface area contributed by atoms with Gasteiger partial charge in [-0.15, -0.1) is 0 Å². The molecule has 44 heavy (non-hydrogen) atoms. The van der Waals surface area contributed by atoms with Crippen molar-refractivity contribution in [2.75, 3.05) is 9.80 Å². The van der Waals surface area contributed by atoms with Crippen LogP contribution in [0.3, 0.4) is 0 Å². The molecule has 0 radical (unpaired) electrons. The topological polar surface area (TPSA) is 57.7 Å². The molecule has 3 unspecified atom stereocenters. The van der Waals surface area contributed by atoms with Crippen molar-refractivity contribution in [3.8, 4) is 0 Å². The molecule has 5 heteroatoms. The van der Waals surface area contributed by atoms with Gasteiger partial charge >= 0.3 is 0 Å². The van der Waals surface area contributed by atoms with Gasteiger partial charge in [0, 0.05) is 16.9 Å². The molecule has 3 atom stereocenters. The van der Waals surface area contributed by atoms with Crippen molar-refractivity contribution in [1.82, 2.24) is 0 Å². The van der Waals surface area contributed by atoms with Crippen molar-refractivity contribution in [2.45, 2.75) is 30.8 Å². The van der Waals surface area contributed by atoms with Crippen LogP contribution in [0.25, 0.3) is 0 Å². The Bertz CT molecular complexity index is 1960. The molecule has 8 rings (SSSR count). The lowest BCUT2D eigenvalue weighted by atomic mass is 9.82. The summed E-state index contributed by atoms with van der Waals surface area (Å²) in [6, 6.07) is 42.5. The average Bonchev–Trinajstić information content (AvgIpc) is 3.56. The van der Waals surface area contributed by atoms with Crippen molar-refractivity contribution in [2.24, 2.45) is 5.92 Å². The largest absolute Gasteiger partial charge is 0.307 e. The van der Waals surface area contributed by atoms with Gasteiger partial charge in [0.15, 0.2) is 5.78 Å². The van der Waals surface area contributed by atoms with E-state index in [1.54, 1.807) is 21.9 Å². The first-order chi connectivity index (χ1) is 21.5. The molecule has 3 aliphatic rings. The molecule has 214 valence electrons. The third-order valence-electron chi connectivity index (χ3n) is 9.74. The summed E-state index contributed by atoms with van der Waals surface area (Å²) in [5.41, 5.74) is 3.74. The van der Waals surface area contributed by atoms with Crippen molar-refractivity contribution >= 4 is 29.0 Å². The molecule has 5 aromatic carbocycles. The highest BCUT2D eigenvalue weighted by Crippen LogP contribution is 2.78. The number of fused-ring (bicyclic) bond motifs is 5. The predicted molar refractivity (Wildman–Crippen MR) is 171 cm³/mol. The number of hydrogen-bond donors (Lipinski definition) is 0. The lowest BCUT2D eigenvalue weighted by molar-refractivity contribution is -0.125. The van der Waals surface area contributed by atoms with E-state index >= 15 is 9.59 Å². The minimum absolute atomic E-state index is 0.183. The average molecular weight is 575 g/mol. The smallest absolute Gasteiger partial charge is 0.240 e. The number of Topliss-reactive ketones (excluding diaryl/α,β-unsaturated/α-hetero) is 1. The standard InChI is InChI=1S/C39H30N2O3/c1-26-21-22-33-31(23-26)39(37(44)41(33)25-28-15-7-3-8-16-28)35(34(42)29-17-9-4-10-18-29)38(39)30-19-11-12-20-32(30)40(36(38)43)24-27-13-5-2-6-14-27/h2-23,35H,24-25H2,1H3. The van der Waals surface area contributed by atoms with Crippen LogP contribution in [0, 0.1) is 12.8 Å². The number of amides is 2. The van der Waals surface area contributed by atoms with Crippen LogP contribution in [0.1, 0.15) is 38.2 Å². The highest BCUT2D eigenvalue weighted by Gasteiger charge is 2.92. The van der Waals surface area contributed by atoms with Crippen LogP contribution in [0.5, 0.6) is 0 Å². The van der Waals surface area contributed by atoms with Gasteiger partial charge < -0.3 is 9.80 Å². The summed E-state index contributed by atoms with van der Waals surface area (Å²) < 4.78 is 0. The quantitative estimate of drug-likeness (QED) is 0.210. The summed E-state index contributed by atoms with van der Waals surface area (Å²) >= 11 is 0. The van der Waals surface area contributed by atoms with E-state index in [1.165, 1.54) is 0 Å². The maximum absolute atomic E-state index is 15.2. The Balaban J connectivity index is 1.37. The Morgan fingerprint density at radius 2 is 1.07 bits per heavy atom. The van der Waals surface area contributed by atoms with E-state index in [0.29, 0.717) is 18.7 Å². The third-order valence-corrected chi connectivity index (χ3v) is 9.74. The summed E-state index contributed by atoms with van der Waals surface area (Å²) in [5, 5.41) is 0. The zero-order chi connectivity index (χ0) is 30.1. The second kappa shape index (κ2) is 9.61. The summed E-state index contributed by atoms with van der Waals surface area (Å²) in [7, 11) is 0. The van der Waals surface area contributed by atoms with Gasteiger partial charge in [-0.1, -0.05) is 127 Å². The molecular formula is C39H30N2O3. The molecule has 0 saturated heterocycles. The molecule has 0 bridgehead atoms. The highest BCUT2D eigenvalue weighted by molar-refractivity contribution is 6.29. The summed E-state index contributed by atoms with van der Waals surface area (Å²) in [5.74, 6) is -1.46. The van der Waals surface area contributed by atoms with Gasteiger partial charge in [0.05, 0.1) is 19.0 Å². The molecule has 2 aliphatic heterocycles. The minimum atomic E-state index is -1.37. The van der Waals surface area contributed by atoms with E-state index in [1.807, 2.05) is 128 Å². The molecule has 1 fully saturated rings. The number of hydrogen-bond acceptors (Lipinski definition) is 3. The Hall–Kier alpha value is -5.29. The second-order valence-electron chi connectivity index (χ2n) is 12.1. The van der Waals surface area contributed by atoms with Gasteiger partial charge in [0.1, 0.15) is 10.8 Å². The van der Waals surface area contributed by atoms with Gasteiger partial charge in [-0.05, 0) is 41.3 Å². The molecule has 2 spiro atoms. The number of carbonyl (C=O) groups excluding carboxylic acids is 3. The van der Waals surface area contributed by atoms with E-state index < -0.39 is 16.7 Å². The monoisotopic (exact) mass is 574 g/mol. The van der Waals surface area contributed by atoms with Crippen molar-refractivity contribution in [3.63, 3.8) is 0 Å². The fourth-order valence-electron chi connectivity index (χ4n) is 7.92. The summed E-state index contributed by atoms with van der Waals surface area (Å²) in [6.45, 7) is 2.69. The van der Waals surface area contributed by atoms with E-state index in [2.05, 4.69) is 0 Å². The van der Waals surface area contributed by atoms with Crippen LogP contribution >= 0.6 is 0 Å². The second-order valence-corrected chi connectivity index (χ2v) is 12.1. The maximum Gasteiger partial charge on any atom is 0.240 e. The molecule has 5 nitrogen and oxygen atoms in total. The molecule has 2 heterocycles. The van der Waals surface area contributed by atoms with Gasteiger partial charge in [-0.3, -0.25) is 14.4 Å². The summed E-state index contributed by atoms with van der Waals surface area (Å²) in [4.78, 5) is 48.6. The Labute approximate surface area is 256 Å². The zero-order valence-electron chi connectivity index (χ0n) is 24.3. The van der Waals surface area contributed by atoms with Crippen LogP contribution in [0.4, 0.5) is 11.4 Å². The van der Waals surface area contributed by atoms with Crippen molar-refractivity contribution < 1.29 is 14.4 Å². The van der Waals surface area contributed by atoms with Crippen molar-refractivity contribution in [3.05, 3.63) is 167 Å². The van der Waals surface area contributed by atoms with E-state index in [0.717, 1.165) is 39.2 Å². The first-order valence-electron chi connectivity index (χ1n) is 15.0. The van der Waals surface area contributed by atoms with Gasteiger partial charge in [0.25, 0.3) is 0 Å². The van der Waals surface area contributed by atoms with Crippen LogP contribution in [0.15, 0.2) is 133 Å². The zero-order valence-corrected chi connectivity index (χ0v) is 24.3. The first-order valence-corrected chi connectivity index (χ1v) is 15.0. The number of nitrogens with zero attached hydrogens (tertiary/aromatic N) is 2. The molecule has 1 saturated carbocycles. The predicted octanol–water partition coefficient (Wildman–Crippen LogP) is 6.78. The van der Waals surface area contributed by atoms with E-state index in [4.69, 9.17) is 0 Å². The number of rotatable bonds is 6. The van der Waals surface area contributed by atoms with Crippen LogP contribution < -0.4 is 9.80 Å². The fraction of sp³-hybridized carbons (Fsp3) is 0.154. The van der Waals surface area contributed by atoms with Crippen molar-refractivity contribution in [1.29, 1.82) is 0 Å². The Morgan fingerprint density at radius 3 is 1.66 bits per heavy atom. The number of carbonyl (C=O) groups is 3. The minimum Gasteiger partial charge on any atom is -0.307 e. The molecule has 2 amide bonds. The lowest BCUT2D eigenvalue weighted by Crippen LogP contribution is -2.41. The fourth-order valence-corrected chi connectivity index (χ4v) is 7.92. The first kappa shape index (κ1) is 26.3. The molecule has 1 aliphatic carbocycles. The van der Waals surface area contributed by atoms with Crippen LogP contribution in [-0.2, 0) is 33.5 Å². The molecule has 5 aromatic rings. The number of benzene rings is 5. The van der Waals surface area contributed by atoms with Crippen LogP contribution in [0.2, 0.25) is 0 Å². The molecular weight excluding hydrogens is 544 g/mol. The Morgan fingerprint density at radius 1 is 0.591 bits per heavy atom. The number of anilines is 2. The third kappa shape index (κ3) is 3.38. The normalized spacial score (nSPS) is 22.9. The lowest BCUT2D eigenvalue weighted by Gasteiger charge is -2.21. The molecule has 0 aromatic heterocycles. The number of ketones is 1. The van der Waals surface area contributed by atoms with Gasteiger partial charge in [-0.2, -0.15) is 0 Å². The SMILES string of the molecule is Cc1ccc2c(c1)C1(C(=O)N2Cc2ccccc2)C(C(=O)c2ccccc2)C12C(=O)N(Cc1ccccc1)c1ccccc12.